The minimum Gasteiger partial charge on any atom is -0.494 e. The molecular weight excluding hydrogens is 429 g/mol. The van der Waals surface area contributed by atoms with Crippen molar-refractivity contribution in [3.8, 4) is 5.75 Å². The van der Waals surface area contributed by atoms with Crippen LogP contribution in [0.2, 0.25) is 5.02 Å². The molecule has 0 unspecified atom stereocenters. The van der Waals surface area contributed by atoms with Gasteiger partial charge in [0, 0.05) is 56.9 Å². The molecule has 9 heteroatoms. The number of piperazine rings is 1. The van der Waals surface area contributed by atoms with Gasteiger partial charge in [0.25, 0.3) is 10.2 Å². The summed E-state index contributed by atoms with van der Waals surface area (Å²) < 4.78 is 47.9. The van der Waals surface area contributed by atoms with Gasteiger partial charge in [-0.15, -0.1) is 0 Å². The number of ether oxygens (including phenoxy) is 1. The van der Waals surface area contributed by atoms with E-state index < -0.39 is 16.0 Å². The topological polar surface area (TPSA) is 53.1 Å². The lowest BCUT2D eigenvalue weighted by Gasteiger charge is -2.36. The Morgan fingerprint density at radius 3 is 2.37 bits per heavy atom. The molecule has 1 aliphatic rings. The van der Waals surface area contributed by atoms with Crippen LogP contribution in [0.4, 0.5) is 4.39 Å². The molecule has 0 N–H and O–H groups in total. The van der Waals surface area contributed by atoms with Crippen molar-refractivity contribution in [3.05, 3.63) is 64.4 Å². The molecule has 0 saturated carbocycles. The molecule has 1 aliphatic heterocycles. The lowest BCUT2D eigenvalue weighted by atomic mass is 10.2. The van der Waals surface area contributed by atoms with Gasteiger partial charge in [0.2, 0.25) is 0 Å². The highest BCUT2D eigenvalue weighted by atomic mass is 35.5. The minimum absolute atomic E-state index is 0.111. The van der Waals surface area contributed by atoms with Crippen LogP contribution in [0, 0.1) is 5.82 Å². The summed E-state index contributed by atoms with van der Waals surface area (Å²) >= 11 is 6.04. The molecular formula is C21H27ClFN3O3S. The highest BCUT2D eigenvalue weighted by molar-refractivity contribution is 7.86. The van der Waals surface area contributed by atoms with Crippen LogP contribution in [0.25, 0.3) is 0 Å². The number of hydrogen-bond donors (Lipinski definition) is 0. The molecule has 0 amide bonds. The Hall–Kier alpha value is -1.71. The van der Waals surface area contributed by atoms with Gasteiger partial charge in [0.05, 0.1) is 6.61 Å². The SMILES string of the molecule is CCOc1ccc(CN2CCN(S(=O)(=O)N(C)Cc3c(F)cccc3Cl)CC2)cc1. The predicted molar refractivity (Wildman–Crippen MR) is 116 cm³/mol. The second kappa shape index (κ2) is 10.1. The summed E-state index contributed by atoms with van der Waals surface area (Å²) in [5, 5.41) is 0.220. The maximum Gasteiger partial charge on any atom is 0.282 e. The first-order valence-corrected chi connectivity index (χ1v) is 11.7. The normalized spacial score (nSPS) is 16.2. The molecule has 3 rings (SSSR count). The predicted octanol–water partition coefficient (Wildman–Crippen LogP) is 3.37. The third-order valence-electron chi connectivity index (χ3n) is 5.13. The lowest BCUT2D eigenvalue weighted by molar-refractivity contribution is 0.175. The average Bonchev–Trinajstić information content (AvgIpc) is 2.73. The van der Waals surface area contributed by atoms with Crippen LogP contribution >= 0.6 is 11.6 Å². The number of hydrogen-bond acceptors (Lipinski definition) is 4. The lowest BCUT2D eigenvalue weighted by Crippen LogP contribution is -2.51. The quantitative estimate of drug-likeness (QED) is 0.612. The molecule has 1 heterocycles. The Bertz CT molecular complexity index is 928. The third-order valence-corrected chi connectivity index (χ3v) is 7.42. The summed E-state index contributed by atoms with van der Waals surface area (Å²) in [6.07, 6.45) is 0. The highest BCUT2D eigenvalue weighted by Gasteiger charge is 2.31. The van der Waals surface area contributed by atoms with Gasteiger partial charge in [-0.25, -0.2) is 4.39 Å². The van der Waals surface area contributed by atoms with Gasteiger partial charge >= 0.3 is 0 Å². The summed E-state index contributed by atoms with van der Waals surface area (Å²) in [6.45, 7) is 5.24. The van der Waals surface area contributed by atoms with Crippen molar-refractivity contribution >= 4 is 21.8 Å². The highest BCUT2D eigenvalue weighted by Crippen LogP contribution is 2.23. The van der Waals surface area contributed by atoms with Gasteiger partial charge in [-0.2, -0.15) is 17.0 Å². The van der Waals surface area contributed by atoms with E-state index in [1.54, 1.807) is 6.07 Å². The largest absolute Gasteiger partial charge is 0.494 e. The molecule has 0 aromatic heterocycles. The average molecular weight is 456 g/mol. The van der Waals surface area contributed by atoms with Crippen LogP contribution in [0.1, 0.15) is 18.1 Å². The Kier molecular flexibility index (Phi) is 7.70. The smallest absolute Gasteiger partial charge is 0.282 e. The van der Waals surface area contributed by atoms with E-state index >= 15 is 0 Å². The van der Waals surface area contributed by atoms with Crippen LogP contribution in [0.3, 0.4) is 0 Å². The van der Waals surface area contributed by atoms with E-state index in [-0.39, 0.29) is 17.1 Å². The number of benzene rings is 2. The van der Waals surface area contributed by atoms with Gasteiger partial charge < -0.3 is 4.74 Å². The van der Waals surface area contributed by atoms with Crippen molar-refractivity contribution in [2.24, 2.45) is 0 Å². The molecule has 0 atom stereocenters. The molecule has 164 valence electrons. The monoisotopic (exact) mass is 455 g/mol. The Morgan fingerprint density at radius 2 is 1.77 bits per heavy atom. The third kappa shape index (κ3) is 5.50. The van der Waals surface area contributed by atoms with Crippen LogP contribution < -0.4 is 4.74 Å². The van der Waals surface area contributed by atoms with E-state index in [2.05, 4.69) is 4.90 Å². The molecule has 0 aliphatic carbocycles. The fourth-order valence-electron chi connectivity index (χ4n) is 3.42. The number of rotatable bonds is 8. The van der Waals surface area contributed by atoms with Gasteiger partial charge in [0.15, 0.2) is 0 Å². The molecule has 6 nitrogen and oxygen atoms in total. The van der Waals surface area contributed by atoms with Gasteiger partial charge in [0.1, 0.15) is 11.6 Å². The van der Waals surface area contributed by atoms with E-state index in [9.17, 15) is 12.8 Å². The Balaban J connectivity index is 1.56. The van der Waals surface area contributed by atoms with E-state index in [0.717, 1.165) is 22.2 Å². The fraction of sp³-hybridized carbons (Fsp3) is 0.429. The number of nitrogens with zero attached hydrogens (tertiary/aromatic N) is 3. The van der Waals surface area contributed by atoms with Gasteiger partial charge in [-0.05, 0) is 36.8 Å². The summed E-state index contributed by atoms with van der Waals surface area (Å²) in [4.78, 5) is 2.22. The molecule has 0 spiro atoms. The van der Waals surface area contributed by atoms with Gasteiger partial charge in [-0.3, -0.25) is 4.90 Å². The molecule has 1 saturated heterocycles. The first-order chi connectivity index (χ1) is 14.3. The summed E-state index contributed by atoms with van der Waals surface area (Å²) in [5.74, 6) is 0.333. The van der Waals surface area contributed by atoms with E-state index in [4.69, 9.17) is 16.3 Å². The first kappa shape index (κ1) is 23.0. The van der Waals surface area contributed by atoms with Crippen LogP contribution in [-0.2, 0) is 23.3 Å². The molecule has 1 fully saturated rings. The molecule has 0 radical (unpaired) electrons. The second-order valence-corrected chi connectivity index (χ2v) is 9.66. The minimum atomic E-state index is -3.70. The Morgan fingerprint density at radius 1 is 1.10 bits per heavy atom. The van der Waals surface area contributed by atoms with Crippen molar-refractivity contribution in [2.75, 3.05) is 39.8 Å². The van der Waals surface area contributed by atoms with Crippen molar-refractivity contribution in [1.29, 1.82) is 0 Å². The first-order valence-electron chi connectivity index (χ1n) is 9.89. The maximum atomic E-state index is 14.0. The summed E-state index contributed by atoms with van der Waals surface area (Å²) in [6, 6.07) is 12.3. The summed E-state index contributed by atoms with van der Waals surface area (Å²) in [5.41, 5.74) is 1.33. The van der Waals surface area contributed by atoms with Gasteiger partial charge in [-0.1, -0.05) is 29.8 Å². The van der Waals surface area contributed by atoms with Crippen molar-refractivity contribution < 1.29 is 17.5 Å². The van der Waals surface area contributed by atoms with Crippen molar-refractivity contribution in [2.45, 2.75) is 20.0 Å². The van der Waals surface area contributed by atoms with Crippen LogP contribution in [0.5, 0.6) is 5.75 Å². The second-order valence-electron chi connectivity index (χ2n) is 7.22. The zero-order chi connectivity index (χ0) is 21.7. The van der Waals surface area contributed by atoms with E-state index in [1.807, 2.05) is 31.2 Å². The van der Waals surface area contributed by atoms with E-state index in [1.165, 1.54) is 23.5 Å². The zero-order valence-electron chi connectivity index (χ0n) is 17.2. The van der Waals surface area contributed by atoms with Crippen molar-refractivity contribution in [3.63, 3.8) is 0 Å². The molecule has 2 aromatic carbocycles. The summed E-state index contributed by atoms with van der Waals surface area (Å²) in [7, 11) is -2.26. The zero-order valence-corrected chi connectivity index (χ0v) is 18.8. The Labute approximate surface area is 183 Å². The molecule has 2 aromatic rings. The number of halogens is 2. The fourth-order valence-corrected chi connectivity index (χ4v) is 4.95. The van der Waals surface area contributed by atoms with Crippen molar-refractivity contribution in [1.82, 2.24) is 13.5 Å². The van der Waals surface area contributed by atoms with Crippen LogP contribution in [-0.4, -0.2) is 61.8 Å². The van der Waals surface area contributed by atoms with E-state index in [0.29, 0.717) is 32.8 Å². The molecule has 30 heavy (non-hydrogen) atoms. The van der Waals surface area contributed by atoms with Crippen LogP contribution in [0.15, 0.2) is 42.5 Å². The maximum absolute atomic E-state index is 14.0. The standard InChI is InChI=1S/C21H27ClFN3O3S/c1-3-29-18-9-7-17(8-10-18)15-25-11-13-26(14-12-25)30(27,28)24(2)16-19-20(22)5-4-6-21(19)23/h4-10H,3,11-16H2,1-2H3. The molecule has 0 bridgehead atoms.